The molecule has 1 aliphatic rings. The van der Waals surface area contributed by atoms with Crippen LogP contribution in [-0.2, 0) is 12.8 Å². The van der Waals surface area contributed by atoms with Gasteiger partial charge < -0.3 is 5.32 Å². The van der Waals surface area contributed by atoms with E-state index in [1.54, 1.807) is 6.07 Å². The van der Waals surface area contributed by atoms with Crippen LogP contribution in [0.4, 0.5) is 11.4 Å². The van der Waals surface area contributed by atoms with Crippen molar-refractivity contribution >= 4 is 11.4 Å². The molecule has 1 heterocycles. The van der Waals surface area contributed by atoms with Gasteiger partial charge in [-0.3, -0.25) is 15.2 Å². The van der Waals surface area contributed by atoms with E-state index in [0.29, 0.717) is 11.3 Å². The first-order chi connectivity index (χ1) is 10.2. The molecule has 1 unspecified atom stereocenters. The zero-order valence-corrected chi connectivity index (χ0v) is 11.2. The number of nitrogens with one attached hydrogen (secondary N) is 2. The number of rotatable bonds is 3. The van der Waals surface area contributed by atoms with Gasteiger partial charge in [-0.05, 0) is 30.9 Å². The van der Waals surface area contributed by atoms with Crippen LogP contribution in [0, 0.1) is 21.4 Å². The molecule has 0 bridgehead atoms. The number of anilines is 1. The molecule has 7 nitrogen and oxygen atoms in total. The van der Waals surface area contributed by atoms with Crippen molar-refractivity contribution in [1.82, 2.24) is 10.2 Å². The Bertz CT molecular complexity index is 731. The largest absolute Gasteiger partial charge is 0.381 e. The average Bonchev–Trinajstić information content (AvgIpc) is 2.95. The number of nitro groups is 1. The third-order valence-electron chi connectivity index (χ3n) is 3.71. The fourth-order valence-corrected chi connectivity index (χ4v) is 2.62. The zero-order chi connectivity index (χ0) is 14.8. The van der Waals surface area contributed by atoms with Gasteiger partial charge in [0.15, 0.2) is 0 Å². The predicted octanol–water partition coefficient (Wildman–Crippen LogP) is 2.16. The number of nitro benzene ring substituents is 1. The van der Waals surface area contributed by atoms with Crippen LogP contribution in [0.15, 0.2) is 24.4 Å². The first-order valence-electron chi connectivity index (χ1n) is 6.63. The van der Waals surface area contributed by atoms with E-state index in [4.69, 9.17) is 5.26 Å². The minimum Gasteiger partial charge on any atom is -0.381 e. The highest BCUT2D eigenvalue weighted by Gasteiger charge is 2.21. The third-order valence-corrected chi connectivity index (χ3v) is 3.71. The molecule has 2 N–H and O–H groups in total. The van der Waals surface area contributed by atoms with Crippen molar-refractivity contribution in [3.05, 3.63) is 51.3 Å². The lowest BCUT2D eigenvalue weighted by molar-refractivity contribution is -0.384. The molecule has 3 rings (SSSR count). The van der Waals surface area contributed by atoms with Crippen molar-refractivity contribution in [2.45, 2.75) is 25.3 Å². The minimum atomic E-state index is -0.497. The fourth-order valence-electron chi connectivity index (χ4n) is 2.62. The van der Waals surface area contributed by atoms with E-state index in [9.17, 15) is 10.1 Å². The molecule has 0 spiro atoms. The van der Waals surface area contributed by atoms with Gasteiger partial charge in [0.25, 0.3) is 5.69 Å². The van der Waals surface area contributed by atoms with Crippen LogP contribution in [0.25, 0.3) is 0 Å². The summed E-state index contributed by atoms with van der Waals surface area (Å²) in [5.41, 5.74) is 3.21. The standard InChI is InChI=1S/C14H13N5O2/c15-7-9-6-12(19(20)21)2-4-13(9)17-11-1-3-14-10(5-11)8-16-18-14/h2,4,6,8,11,17H,1,3,5H2,(H,16,18). The summed E-state index contributed by atoms with van der Waals surface area (Å²) in [5.74, 6) is 0. The van der Waals surface area contributed by atoms with Crippen LogP contribution in [-0.4, -0.2) is 21.2 Å². The number of benzene rings is 1. The number of hydrogen-bond acceptors (Lipinski definition) is 5. The molecule has 21 heavy (non-hydrogen) atoms. The van der Waals surface area contributed by atoms with Crippen LogP contribution < -0.4 is 5.32 Å². The second-order valence-electron chi connectivity index (χ2n) is 5.06. The normalized spacial score (nSPS) is 16.8. The van der Waals surface area contributed by atoms with Crippen LogP contribution in [0.3, 0.4) is 0 Å². The fraction of sp³-hybridized carbons (Fsp3) is 0.286. The second-order valence-corrected chi connectivity index (χ2v) is 5.06. The molecule has 1 atom stereocenters. The maximum absolute atomic E-state index is 10.7. The lowest BCUT2D eigenvalue weighted by atomic mass is 9.93. The predicted molar refractivity (Wildman–Crippen MR) is 75.8 cm³/mol. The molecule has 7 heteroatoms. The van der Waals surface area contributed by atoms with Gasteiger partial charge in [-0.2, -0.15) is 10.4 Å². The second kappa shape index (κ2) is 5.25. The number of aromatic amines is 1. The van der Waals surface area contributed by atoms with Gasteiger partial charge in [0, 0.05) is 23.9 Å². The van der Waals surface area contributed by atoms with Crippen LogP contribution in [0.2, 0.25) is 0 Å². The molecule has 0 amide bonds. The number of aromatic nitrogens is 2. The first kappa shape index (κ1) is 13.1. The van der Waals surface area contributed by atoms with E-state index < -0.39 is 4.92 Å². The summed E-state index contributed by atoms with van der Waals surface area (Å²) < 4.78 is 0. The van der Waals surface area contributed by atoms with Crippen molar-refractivity contribution in [3.63, 3.8) is 0 Å². The van der Waals surface area contributed by atoms with Crippen LogP contribution in [0.1, 0.15) is 23.2 Å². The minimum absolute atomic E-state index is 0.0714. The highest BCUT2D eigenvalue weighted by molar-refractivity contribution is 5.62. The summed E-state index contributed by atoms with van der Waals surface area (Å²) in [7, 11) is 0. The first-order valence-corrected chi connectivity index (χ1v) is 6.63. The quantitative estimate of drug-likeness (QED) is 0.663. The number of fused-ring (bicyclic) bond motifs is 1. The lowest BCUT2D eigenvalue weighted by Crippen LogP contribution is -2.27. The van der Waals surface area contributed by atoms with Crippen molar-refractivity contribution in [3.8, 4) is 6.07 Å². The molecule has 0 saturated carbocycles. The Morgan fingerprint density at radius 3 is 3.14 bits per heavy atom. The summed E-state index contributed by atoms with van der Waals surface area (Å²) in [5, 5.41) is 30.2. The Balaban J connectivity index is 1.80. The summed E-state index contributed by atoms with van der Waals surface area (Å²) in [6.07, 6.45) is 4.48. The molecule has 0 saturated heterocycles. The molecule has 2 aromatic rings. The highest BCUT2D eigenvalue weighted by atomic mass is 16.6. The van der Waals surface area contributed by atoms with E-state index >= 15 is 0 Å². The Kier molecular flexibility index (Phi) is 3.28. The monoisotopic (exact) mass is 283 g/mol. The van der Waals surface area contributed by atoms with Gasteiger partial charge in [0.2, 0.25) is 0 Å². The molecular weight excluding hydrogens is 270 g/mol. The van der Waals surface area contributed by atoms with Crippen molar-refractivity contribution in [1.29, 1.82) is 5.26 Å². The zero-order valence-electron chi connectivity index (χ0n) is 11.2. The number of hydrogen-bond donors (Lipinski definition) is 2. The molecule has 1 aromatic heterocycles. The van der Waals surface area contributed by atoms with Gasteiger partial charge in [-0.25, -0.2) is 0 Å². The molecule has 0 radical (unpaired) electrons. The smallest absolute Gasteiger partial charge is 0.270 e. The highest BCUT2D eigenvalue weighted by Crippen LogP contribution is 2.26. The van der Waals surface area contributed by atoms with Gasteiger partial charge in [-0.1, -0.05) is 0 Å². The van der Waals surface area contributed by atoms with Crippen molar-refractivity contribution in [2.24, 2.45) is 0 Å². The van der Waals surface area contributed by atoms with Crippen LogP contribution >= 0.6 is 0 Å². The third kappa shape index (κ3) is 2.56. The molecular formula is C14H13N5O2. The van der Waals surface area contributed by atoms with E-state index in [0.717, 1.165) is 25.0 Å². The SMILES string of the molecule is N#Cc1cc([N+](=O)[O-])ccc1NC1CCc2[nH]ncc2C1. The van der Waals surface area contributed by atoms with Gasteiger partial charge in [0.05, 0.1) is 22.4 Å². The van der Waals surface area contributed by atoms with E-state index in [1.165, 1.54) is 17.7 Å². The molecule has 0 aliphatic heterocycles. The van der Waals surface area contributed by atoms with E-state index in [1.807, 2.05) is 12.3 Å². The van der Waals surface area contributed by atoms with Crippen LogP contribution in [0.5, 0.6) is 0 Å². The Labute approximate surface area is 120 Å². The molecule has 0 fully saturated rings. The number of nitrogens with zero attached hydrogens (tertiary/aromatic N) is 3. The average molecular weight is 283 g/mol. The summed E-state index contributed by atoms with van der Waals surface area (Å²) in [6, 6.07) is 6.52. The maximum Gasteiger partial charge on any atom is 0.270 e. The number of non-ortho nitro benzene ring substituents is 1. The summed E-state index contributed by atoms with van der Waals surface area (Å²) in [6.45, 7) is 0. The van der Waals surface area contributed by atoms with Crippen molar-refractivity contribution in [2.75, 3.05) is 5.32 Å². The molecule has 1 aliphatic carbocycles. The molecule has 106 valence electrons. The Morgan fingerprint density at radius 2 is 2.38 bits per heavy atom. The van der Waals surface area contributed by atoms with E-state index in [-0.39, 0.29) is 11.7 Å². The topological polar surface area (TPSA) is 108 Å². The van der Waals surface area contributed by atoms with Gasteiger partial charge in [0.1, 0.15) is 6.07 Å². The molecule has 1 aromatic carbocycles. The van der Waals surface area contributed by atoms with Crippen molar-refractivity contribution < 1.29 is 4.92 Å². The number of H-pyrrole nitrogens is 1. The van der Waals surface area contributed by atoms with E-state index in [2.05, 4.69) is 15.5 Å². The Hall–Kier alpha value is -2.88. The number of aryl methyl sites for hydroxylation is 1. The summed E-state index contributed by atoms with van der Waals surface area (Å²) in [4.78, 5) is 10.2. The maximum atomic E-state index is 10.7. The van der Waals surface area contributed by atoms with Gasteiger partial charge >= 0.3 is 0 Å². The van der Waals surface area contributed by atoms with Gasteiger partial charge in [-0.15, -0.1) is 0 Å². The summed E-state index contributed by atoms with van der Waals surface area (Å²) >= 11 is 0. The lowest BCUT2D eigenvalue weighted by Gasteiger charge is -2.24. The Morgan fingerprint density at radius 1 is 1.52 bits per heavy atom. The number of nitriles is 1.